The first-order chi connectivity index (χ1) is 12.8. The van der Waals surface area contributed by atoms with E-state index >= 15 is 0 Å². The number of aromatic amines is 1. The molecule has 1 amide bonds. The highest BCUT2D eigenvalue weighted by atomic mass is 32.1. The van der Waals surface area contributed by atoms with Crippen LogP contribution in [0.4, 0.5) is 0 Å². The molecular weight excluding hydrogens is 352 g/mol. The molecule has 1 aromatic carbocycles. The minimum absolute atomic E-state index is 0.0721. The van der Waals surface area contributed by atoms with Crippen LogP contribution < -0.4 is 5.32 Å². The van der Waals surface area contributed by atoms with Crippen molar-refractivity contribution < 1.29 is 14.3 Å². The van der Waals surface area contributed by atoms with Gasteiger partial charge in [-0.15, -0.1) is 11.3 Å². The molecule has 0 bridgehead atoms. The Morgan fingerprint density at radius 2 is 2.35 bits per heavy atom. The number of benzene rings is 1. The summed E-state index contributed by atoms with van der Waals surface area (Å²) < 4.78 is 11.5. The Morgan fingerprint density at radius 1 is 1.42 bits per heavy atom. The van der Waals surface area contributed by atoms with Crippen LogP contribution in [0.5, 0.6) is 0 Å². The standard InChI is InChI=1S/C18H20N4O3S/c23-18(7-15-13-3-1-2-4-14(13)21-22-15)20-16-9-24-6-5-17(16)25-8-12-10-26-11-19-12/h1-4,10-11,16-17H,5-9H2,(H,20,23)(H,21,22)/t16-,17+/m1/s1. The van der Waals surface area contributed by atoms with Crippen LogP contribution in [0.15, 0.2) is 35.2 Å². The van der Waals surface area contributed by atoms with Crippen molar-refractivity contribution in [1.29, 1.82) is 0 Å². The second-order valence-corrected chi connectivity index (χ2v) is 6.98. The van der Waals surface area contributed by atoms with Crippen molar-refractivity contribution in [3.8, 4) is 0 Å². The Labute approximate surface area is 154 Å². The highest BCUT2D eigenvalue weighted by Gasteiger charge is 2.28. The lowest BCUT2D eigenvalue weighted by Crippen LogP contribution is -2.50. The van der Waals surface area contributed by atoms with Gasteiger partial charge >= 0.3 is 0 Å². The molecule has 7 nitrogen and oxygen atoms in total. The lowest BCUT2D eigenvalue weighted by atomic mass is 10.1. The van der Waals surface area contributed by atoms with E-state index < -0.39 is 0 Å². The van der Waals surface area contributed by atoms with Crippen LogP contribution in [0.2, 0.25) is 0 Å². The Hall–Kier alpha value is -2.29. The first kappa shape index (κ1) is 17.1. The van der Waals surface area contributed by atoms with Gasteiger partial charge in [0.05, 0.1) is 54.2 Å². The lowest BCUT2D eigenvalue weighted by molar-refractivity contribution is -0.126. The van der Waals surface area contributed by atoms with E-state index in [9.17, 15) is 4.79 Å². The fraction of sp³-hybridized carbons (Fsp3) is 0.389. The van der Waals surface area contributed by atoms with E-state index in [2.05, 4.69) is 20.5 Å². The Morgan fingerprint density at radius 3 is 3.23 bits per heavy atom. The van der Waals surface area contributed by atoms with Crippen molar-refractivity contribution >= 4 is 28.1 Å². The molecule has 2 aromatic heterocycles. The van der Waals surface area contributed by atoms with Crippen LogP contribution in [0, 0.1) is 0 Å². The molecule has 0 radical (unpaired) electrons. The smallest absolute Gasteiger partial charge is 0.226 e. The molecule has 2 N–H and O–H groups in total. The van der Waals surface area contributed by atoms with Gasteiger partial charge in [-0.2, -0.15) is 5.10 Å². The van der Waals surface area contributed by atoms with Gasteiger partial charge in [-0.05, 0) is 12.5 Å². The number of ether oxygens (including phenoxy) is 2. The number of H-pyrrole nitrogens is 1. The minimum Gasteiger partial charge on any atom is -0.379 e. The number of hydrogen-bond donors (Lipinski definition) is 2. The molecule has 1 aliphatic rings. The average molecular weight is 372 g/mol. The van der Waals surface area contributed by atoms with Crippen molar-refractivity contribution in [2.75, 3.05) is 13.2 Å². The second-order valence-electron chi connectivity index (χ2n) is 6.26. The third-order valence-electron chi connectivity index (χ3n) is 4.45. The van der Waals surface area contributed by atoms with Gasteiger partial charge in [-0.1, -0.05) is 18.2 Å². The topological polar surface area (TPSA) is 89.1 Å². The highest BCUT2D eigenvalue weighted by molar-refractivity contribution is 7.07. The summed E-state index contributed by atoms with van der Waals surface area (Å²) >= 11 is 1.55. The summed E-state index contributed by atoms with van der Waals surface area (Å²) in [5.41, 5.74) is 4.38. The molecule has 136 valence electrons. The van der Waals surface area contributed by atoms with Crippen LogP contribution >= 0.6 is 11.3 Å². The lowest BCUT2D eigenvalue weighted by Gasteiger charge is -2.32. The first-order valence-electron chi connectivity index (χ1n) is 8.57. The monoisotopic (exact) mass is 372 g/mol. The van der Waals surface area contributed by atoms with E-state index in [-0.39, 0.29) is 24.5 Å². The third-order valence-corrected chi connectivity index (χ3v) is 5.08. The number of amides is 1. The zero-order valence-electron chi connectivity index (χ0n) is 14.2. The molecule has 0 saturated carbocycles. The summed E-state index contributed by atoms with van der Waals surface area (Å²) in [5.74, 6) is -0.0721. The predicted molar refractivity (Wildman–Crippen MR) is 97.9 cm³/mol. The number of rotatable bonds is 6. The van der Waals surface area contributed by atoms with Crippen molar-refractivity contribution in [2.45, 2.75) is 31.6 Å². The summed E-state index contributed by atoms with van der Waals surface area (Å²) in [7, 11) is 0. The van der Waals surface area contributed by atoms with Gasteiger partial charge in [0.25, 0.3) is 0 Å². The molecule has 8 heteroatoms. The Balaban J connectivity index is 1.37. The summed E-state index contributed by atoms with van der Waals surface area (Å²) in [6.07, 6.45) is 0.922. The van der Waals surface area contributed by atoms with Crippen molar-refractivity contribution in [2.24, 2.45) is 0 Å². The number of carbonyl (C=O) groups is 1. The first-order valence-corrected chi connectivity index (χ1v) is 9.51. The molecule has 3 aromatic rings. The molecule has 26 heavy (non-hydrogen) atoms. The molecule has 1 saturated heterocycles. The Bertz CT molecular complexity index is 864. The molecule has 0 spiro atoms. The number of fused-ring (bicyclic) bond motifs is 1. The van der Waals surface area contributed by atoms with Gasteiger partial charge in [-0.3, -0.25) is 9.89 Å². The van der Waals surface area contributed by atoms with Gasteiger partial charge in [0.1, 0.15) is 0 Å². The van der Waals surface area contributed by atoms with Crippen LogP contribution in [0.1, 0.15) is 17.8 Å². The second kappa shape index (κ2) is 7.94. The number of carbonyl (C=O) groups excluding carboxylic acids is 1. The van der Waals surface area contributed by atoms with Gasteiger partial charge < -0.3 is 14.8 Å². The van der Waals surface area contributed by atoms with Gasteiger partial charge in [0, 0.05) is 17.4 Å². The maximum Gasteiger partial charge on any atom is 0.226 e. The van der Waals surface area contributed by atoms with Gasteiger partial charge in [-0.25, -0.2) is 4.98 Å². The Kier molecular flexibility index (Phi) is 5.24. The van der Waals surface area contributed by atoms with E-state index in [1.54, 1.807) is 16.8 Å². The van der Waals surface area contributed by atoms with Crippen LogP contribution in [-0.4, -0.2) is 46.4 Å². The number of aromatic nitrogens is 3. The number of nitrogens with one attached hydrogen (secondary N) is 2. The maximum absolute atomic E-state index is 12.5. The van der Waals surface area contributed by atoms with E-state index in [1.165, 1.54) is 0 Å². The van der Waals surface area contributed by atoms with Crippen molar-refractivity contribution in [3.63, 3.8) is 0 Å². The predicted octanol–water partition coefficient (Wildman–Crippen LogP) is 2.05. The maximum atomic E-state index is 12.5. The average Bonchev–Trinajstić information content (AvgIpc) is 3.31. The van der Waals surface area contributed by atoms with E-state index in [0.717, 1.165) is 28.7 Å². The van der Waals surface area contributed by atoms with Crippen LogP contribution in [0.25, 0.3) is 10.9 Å². The molecular formula is C18H20N4O3S. The summed E-state index contributed by atoms with van der Waals surface area (Å²) in [6.45, 7) is 1.54. The third kappa shape index (κ3) is 3.92. The highest BCUT2D eigenvalue weighted by Crippen LogP contribution is 2.17. The zero-order chi connectivity index (χ0) is 17.8. The molecule has 3 heterocycles. The normalized spacial score (nSPS) is 20.3. The molecule has 1 fully saturated rings. The summed E-state index contributed by atoms with van der Waals surface area (Å²) in [5, 5.41) is 13.2. The van der Waals surface area contributed by atoms with Gasteiger partial charge in [0.15, 0.2) is 0 Å². The number of nitrogens with zero attached hydrogens (tertiary/aromatic N) is 2. The number of para-hydroxylation sites is 1. The van der Waals surface area contributed by atoms with Crippen molar-refractivity contribution in [3.05, 3.63) is 46.5 Å². The molecule has 4 rings (SSSR count). The van der Waals surface area contributed by atoms with E-state index in [0.29, 0.717) is 19.8 Å². The summed E-state index contributed by atoms with van der Waals surface area (Å²) in [6, 6.07) is 7.59. The van der Waals surface area contributed by atoms with E-state index in [1.807, 2.05) is 29.6 Å². The quantitative estimate of drug-likeness (QED) is 0.691. The fourth-order valence-corrected chi connectivity index (χ4v) is 3.66. The SMILES string of the molecule is O=C(Cc1[nH]nc2ccccc12)N[C@@H]1COCC[C@@H]1OCc1cscn1. The number of thiazole rings is 1. The summed E-state index contributed by atoms with van der Waals surface area (Å²) in [4.78, 5) is 16.7. The van der Waals surface area contributed by atoms with Crippen LogP contribution in [0.3, 0.4) is 0 Å². The molecule has 0 aliphatic carbocycles. The fourth-order valence-electron chi connectivity index (χ4n) is 3.12. The van der Waals surface area contributed by atoms with Gasteiger partial charge in [0.2, 0.25) is 5.91 Å². The number of hydrogen-bond acceptors (Lipinski definition) is 6. The van der Waals surface area contributed by atoms with E-state index in [4.69, 9.17) is 9.47 Å². The molecule has 0 unspecified atom stereocenters. The molecule has 1 aliphatic heterocycles. The minimum atomic E-state index is -0.163. The van der Waals surface area contributed by atoms with Crippen molar-refractivity contribution in [1.82, 2.24) is 20.5 Å². The largest absolute Gasteiger partial charge is 0.379 e. The zero-order valence-corrected chi connectivity index (χ0v) is 15.0. The van der Waals surface area contributed by atoms with Crippen LogP contribution in [-0.2, 0) is 27.3 Å². The molecule has 2 atom stereocenters.